The fourth-order valence-electron chi connectivity index (χ4n) is 1.87. The van der Waals surface area contributed by atoms with Gasteiger partial charge in [-0.2, -0.15) is 8.78 Å². The van der Waals surface area contributed by atoms with Gasteiger partial charge in [0.15, 0.2) is 17.5 Å². The van der Waals surface area contributed by atoms with Crippen LogP contribution in [0.3, 0.4) is 0 Å². The number of rotatable bonds is 9. The van der Waals surface area contributed by atoms with Gasteiger partial charge in [0.05, 0.1) is 13.3 Å². The lowest BCUT2D eigenvalue weighted by Gasteiger charge is -2.17. The molecule has 9 heteroatoms. The van der Waals surface area contributed by atoms with Crippen molar-refractivity contribution in [2.75, 3.05) is 26.9 Å². The summed E-state index contributed by atoms with van der Waals surface area (Å²) in [6.45, 7) is -0.644. The summed E-state index contributed by atoms with van der Waals surface area (Å²) in [6, 6.07) is 4.92. The quantitative estimate of drug-likeness (QED) is 0.257. The molecule has 0 unspecified atom stereocenters. The van der Waals surface area contributed by atoms with Crippen LogP contribution in [0.5, 0.6) is 11.5 Å². The van der Waals surface area contributed by atoms with E-state index in [1.54, 1.807) is 32.2 Å². The van der Waals surface area contributed by atoms with Gasteiger partial charge in [-0.05, 0) is 19.4 Å². The molecule has 0 fully saturated rings. The van der Waals surface area contributed by atoms with Gasteiger partial charge in [-0.3, -0.25) is 9.38 Å². The van der Waals surface area contributed by atoms with E-state index in [4.69, 9.17) is 4.74 Å². The topological polar surface area (TPSA) is 54.9 Å². The third-order valence-electron chi connectivity index (χ3n) is 2.84. The number of nitrogens with zero attached hydrogens (tertiary/aromatic N) is 1. The number of aliphatic imine (C=N–C) groups is 1. The molecular formula is C15H23F3IN3O2. The number of hydrogen-bond donors (Lipinski definition) is 2. The highest BCUT2D eigenvalue weighted by Gasteiger charge is 2.15. The van der Waals surface area contributed by atoms with Crippen LogP contribution in [0.4, 0.5) is 13.2 Å². The van der Waals surface area contributed by atoms with E-state index in [9.17, 15) is 13.2 Å². The van der Waals surface area contributed by atoms with E-state index in [0.717, 1.165) is 0 Å². The normalized spacial score (nSPS) is 11.0. The Balaban J connectivity index is 0.00000529. The van der Waals surface area contributed by atoms with E-state index in [1.165, 1.54) is 0 Å². The number of benzene rings is 1. The molecule has 0 aromatic heterocycles. The second kappa shape index (κ2) is 13.0. The van der Waals surface area contributed by atoms with Crippen LogP contribution in [0, 0.1) is 0 Å². The lowest BCUT2D eigenvalue weighted by atomic mass is 10.2. The molecule has 5 nitrogen and oxygen atoms in total. The molecule has 0 saturated heterocycles. The Morgan fingerprint density at radius 2 is 2.04 bits per heavy atom. The number of hydrogen-bond acceptors (Lipinski definition) is 3. The number of alkyl halides is 3. The molecule has 1 aromatic rings. The van der Waals surface area contributed by atoms with Gasteiger partial charge in [0.1, 0.15) is 0 Å². The van der Waals surface area contributed by atoms with Crippen LogP contribution in [0.1, 0.15) is 18.9 Å². The lowest BCUT2D eigenvalue weighted by Crippen LogP contribution is -2.37. The Bertz CT molecular complexity index is 505. The number of nitrogens with one attached hydrogen (secondary N) is 2. The van der Waals surface area contributed by atoms with Crippen molar-refractivity contribution in [3.05, 3.63) is 23.8 Å². The van der Waals surface area contributed by atoms with Crippen molar-refractivity contribution in [1.82, 2.24) is 10.6 Å². The molecule has 0 atom stereocenters. The van der Waals surface area contributed by atoms with Gasteiger partial charge in [-0.15, -0.1) is 24.0 Å². The molecule has 0 saturated carbocycles. The zero-order valence-corrected chi connectivity index (χ0v) is 16.0. The molecule has 138 valence electrons. The van der Waals surface area contributed by atoms with Gasteiger partial charge >= 0.3 is 6.61 Å². The van der Waals surface area contributed by atoms with Gasteiger partial charge in [0.25, 0.3) is 0 Å². The number of guanidine groups is 1. The van der Waals surface area contributed by atoms with Gasteiger partial charge in [-0.1, -0.05) is 12.1 Å². The summed E-state index contributed by atoms with van der Waals surface area (Å²) in [5, 5.41) is 5.88. The van der Waals surface area contributed by atoms with Gasteiger partial charge in [0, 0.05) is 25.7 Å². The number of halogens is 4. The Hall–Kier alpha value is -1.39. The molecule has 0 aliphatic heterocycles. The summed E-state index contributed by atoms with van der Waals surface area (Å²) in [5.74, 6) is 0.701. The van der Waals surface area contributed by atoms with Crippen molar-refractivity contribution >= 4 is 29.9 Å². The van der Waals surface area contributed by atoms with Crippen molar-refractivity contribution in [3.8, 4) is 11.5 Å². The smallest absolute Gasteiger partial charge is 0.387 e. The molecule has 2 N–H and O–H groups in total. The second-order valence-electron chi connectivity index (χ2n) is 4.45. The van der Waals surface area contributed by atoms with Crippen LogP contribution in [0.2, 0.25) is 0 Å². The van der Waals surface area contributed by atoms with Gasteiger partial charge in [0.2, 0.25) is 0 Å². The Morgan fingerprint density at radius 1 is 1.29 bits per heavy atom. The maximum Gasteiger partial charge on any atom is 0.387 e. The van der Waals surface area contributed by atoms with E-state index >= 15 is 0 Å². The van der Waals surface area contributed by atoms with Crippen LogP contribution in [-0.2, 0) is 6.54 Å². The third-order valence-corrected chi connectivity index (χ3v) is 2.84. The minimum absolute atomic E-state index is 0. The summed E-state index contributed by atoms with van der Waals surface area (Å²) >= 11 is 0. The zero-order valence-electron chi connectivity index (χ0n) is 13.7. The maximum atomic E-state index is 12.6. The van der Waals surface area contributed by atoms with Crippen molar-refractivity contribution in [3.63, 3.8) is 0 Å². The summed E-state index contributed by atoms with van der Waals surface area (Å²) in [5.41, 5.74) is 0.504. The van der Waals surface area contributed by atoms with E-state index < -0.39 is 13.3 Å². The highest BCUT2D eigenvalue weighted by molar-refractivity contribution is 14.0. The van der Waals surface area contributed by atoms with Crippen LogP contribution in [-0.4, -0.2) is 39.4 Å². The molecule has 0 spiro atoms. The molecule has 0 amide bonds. The monoisotopic (exact) mass is 461 g/mol. The fraction of sp³-hybridized carbons (Fsp3) is 0.533. The van der Waals surface area contributed by atoms with E-state index in [2.05, 4.69) is 20.4 Å². The summed E-state index contributed by atoms with van der Waals surface area (Å²) in [6.07, 6.45) is 0.361. The first-order chi connectivity index (χ1) is 11.1. The largest absolute Gasteiger partial charge is 0.490 e. The van der Waals surface area contributed by atoms with E-state index in [1.807, 2.05) is 0 Å². The van der Waals surface area contributed by atoms with Crippen LogP contribution in [0.25, 0.3) is 0 Å². The average molecular weight is 461 g/mol. The predicted molar refractivity (Wildman–Crippen MR) is 98.5 cm³/mol. The second-order valence-corrected chi connectivity index (χ2v) is 4.45. The van der Waals surface area contributed by atoms with Crippen LogP contribution in [0.15, 0.2) is 23.2 Å². The molecule has 1 aromatic carbocycles. The molecule has 0 radical (unpaired) electrons. The van der Waals surface area contributed by atoms with Gasteiger partial charge in [-0.25, -0.2) is 0 Å². The van der Waals surface area contributed by atoms with Crippen molar-refractivity contribution in [2.45, 2.75) is 26.5 Å². The van der Waals surface area contributed by atoms with Gasteiger partial charge < -0.3 is 20.1 Å². The average Bonchev–Trinajstić information content (AvgIpc) is 2.53. The van der Waals surface area contributed by atoms with Crippen LogP contribution >= 0.6 is 24.0 Å². The first-order valence-corrected chi connectivity index (χ1v) is 7.32. The molecular weight excluding hydrogens is 438 g/mol. The van der Waals surface area contributed by atoms with Crippen molar-refractivity contribution in [1.29, 1.82) is 0 Å². The molecule has 1 rings (SSSR count). The van der Waals surface area contributed by atoms with E-state index in [-0.39, 0.29) is 42.0 Å². The Morgan fingerprint density at radius 3 is 2.62 bits per heavy atom. The lowest BCUT2D eigenvalue weighted by molar-refractivity contribution is -0.0520. The predicted octanol–water partition coefficient (Wildman–Crippen LogP) is 3.33. The number of ether oxygens (including phenoxy) is 2. The summed E-state index contributed by atoms with van der Waals surface area (Å²) in [4.78, 5) is 3.98. The minimum atomic E-state index is -2.95. The Labute approximate surface area is 157 Å². The standard InChI is InChI=1S/C15H22F3N3O2.HI/c1-3-22-12-7-4-6-11(13(12)23-14(17)18)10-21-15(19-2)20-9-5-8-16;/h4,6-7,14H,3,5,8-10H2,1-2H3,(H2,19,20,21);1H. The minimum Gasteiger partial charge on any atom is -0.490 e. The molecule has 0 bridgehead atoms. The highest BCUT2D eigenvalue weighted by atomic mass is 127. The Kier molecular flexibility index (Phi) is 12.2. The van der Waals surface area contributed by atoms with E-state index in [0.29, 0.717) is 31.1 Å². The van der Waals surface area contributed by atoms with Crippen LogP contribution < -0.4 is 20.1 Å². The summed E-state index contributed by atoms with van der Waals surface area (Å²) in [7, 11) is 1.57. The maximum absolute atomic E-state index is 12.6. The SMILES string of the molecule is CCOc1cccc(CNC(=NC)NCCCF)c1OC(F)F.I. The molecule has 24 heavy (non-hydrogen) atoms. The molecule has 0 aliphatic carbocycles. The highest BCUT2D eigenvalue weighted by Crippen LogP contribution is 2.32. The third kappa shape index (κ3) is 7.93. The molecule has 0 aliphatic rings. The first-order valence-electron chi connectivity index (χ1n) is 7.32. The summed E-state index contributed by atoms with van der Waals surface area (Å²) < 4.78 is 47.2. The van der Waals surface area contributed by atoms with Crippen molar-refractivity contribution in [2.24, 2.45) is 4.99 Å². The molecule has 0 heterocycles. The zero-order chi connectivity index (χ0) is 17.1. The fourth-order valence-corrected chi connectivity index (χ4v) is 1.87. The first kappa shape index (κ1) is 22.6. The number of para-hydroxylation sites is 1. The van der Waals surface area contributed by atoms with Crippen molar-refractivity contribution < 1.29 is 22.6 Å².